The van der Waals surface area contributed by atoms with Crippen LogP contribution < -0.4 is 10.2 Å². The van der Waals surface area contributed by atoms with Crippen LogP contribution >= 0.6 is 0 Å². The van der Waals surface area contributed by atoms with Gasteiger partial charge in [0.1, 0.15) is 6.61 Å². The predicted octanol–water partition coefficient (Wildman–Crippen LogP) is 2.06. The summed E-state index contributed by atoms with van der Waals surface area (Å²) < 4.78 is 9.70. The Hall–Kier alpha value is -2.77. The Morgan fingerprint density at radius 1 is 1.32 bits per heavy atom. The molecule has 2 aliphatic heterocycles. The van der Waals surface area contributed by atoms with Crippen LogP contribution in [0.4, 0.5) is 21.0 Å². The maximum absolute atomic E-state index is 12.5. The molecule has 3 rings (SSSR count). The highest BCUT2D eigenvalue weighted by Crippen LogP contribution is 2.23. The van der Waals surface area contributed by atoms with Crippen LogP contribution in [0.1, 0.15) is 12.8 Å². The lowest BCUT2D eigenvalue weighted by molar-refractivity contribution is -0.146. The molecule has 1 N–H and O–H groups in total. The fourth-order valence-electron chi connectivity index (χ4n) is 3.10. The van der Waals surface area contributed by atoms with Crippen molar-refractivity contribution >= 4 is 29.5 Å². The zero-order chi connectivity index (χ0) is 17.8. The number of amides is 3. The topological polar surface area (TPSA) is 88.2 Å². The molecule has 8 heteroatoms. The first-order valence-electron chi connectivity index (χ1n) is 8.26. The lowest BCUT2D eigenvalue weighted by Gasteiger charge is -2.31. The number of benzene rings is 1. The molecule has 0 spiro atoms. The average molecular weight is 347 g/mol. The monoisotopic (exact) mass is 347 g/mol. The van der Waals surface area contributed by atoms with E-state index >= 15 is 0 Å². The summed E-state index contributed by atoms with van der Waals surface area (Å²) in [5, 5.41) is 2.82. The van der Waals surface area contributed by atoms with Gasteiger partial charge in [-0.25, -0.2) is 9.59 Å². The van der Waals surface area contributed by atoms with E-state index in [9.17, 15) is 14.4 Å². The van der Waals surface area contributed by atoms with E-state index in [2.05, 4.69) is 5.32 Å². The molecule has 0 unspecified atom stereocenters. The van der Waals surface area contributed by atoms with Crippen molar-refractivity contribution in [3.63, 3.8) is 0 Å². The van der Waals surface area contributed by atoms with Gasteiger partial charge in [0.25, 0.3) is 0 Å². The van der Waals surface area contributed by atoms with Gasteiger partial charge in [-0.3, -0.25) is 9.69 Å². The first-order valence-corrected chi connectivity index (χ1v) is 8.26. The number of ether oxygens (including phenoxy) is 2. The van der Waals surface area contributed by atoms with Crippen LogP contribution in [0.2, 0.25) is 0 Å². The molecule has 0 saturated carbocycles. The van der Waals surface area contributed by atoms with E-state index in [1.807, 2.05) is 0 Å². The second-order valence-electron chi connectivity index (χ2n) is 6.05. The molecule has 134 valence electrons. The van der Waals surface area contributed by atoms with Gasteiger partial charge in [0, 0.05) is 24.5 Å². The molecule has 0 aliphatic carbocycles. The first kappa shape index (κ1) is 17.1. The number of piperidine rings is 1. The van der Waals surface area contributed by atoms with E-state index in [1.165, 1.54) is 12.0 Å². The summed E-state index contributed by atoms with van der Waals surface area (Å²) in [4.78, 5) is 38.9. The van der Waals surface area contributed by atoms with Crippen molar-refractivity contribution in [2.75, 3.05) is 43.6 Å². The number of likely N-dealkylation sites (tertiary alicyclic amines) is 1. The number of anilines is 2. The summed E-state index contributed by atoms with van der Waals surface area (Å²) in [5.74, 6) is -0.567. The Balaban J connectivity index is 1.64. The highest BCUT2D eigenvalue weighted by atomic mass is 16.6. The number of urea groups is 1. The van der Waals surface area contributed by atoms with E-state index in [0.29, 0.717) is 37.6 Å². The molecule has 2 aliphatic rings. The van der Waals surface area contributed by atoms with Crippen molar-refractivity contribution in [2.24, 2.45) is 5.92 Å². The molecule has 1 atom stereocenters. The molecule has 25 heavy (non-hydrogen) atoms. The summed E-state index contributed by atoms with van der Waals surface area (Å²) in [6.45, 7) is 1.79. The number of carbonyl (C=O) groups excluding carboxylic acids is 3. The Bertz CT molecular complexity index is 678. The zero-order valence-electron chi connectivity index (χ0n) is 14.1. The smallest absolute Gasteiger partial charge is 0.414 e. The number of nitrogens with zero attached hydrogens (tertiary/aromatic N) is 2. The van der Waals surface area contributed by atoms with Gasteiger partial charge in [0.2, 0.25) is 0 Å². The Labute approximate surface area is 145 Å². The largest absolute Gasteiger partial charge is 0.469 e. The minimum Gasteiger partial charge on any atom is -0.469 e. The second kappa shape index (κ2) is 7.42. The van der Waals surface area contributed by atoms with E-state index in [-0.39, 0.29) is 24.0 Å². The van der Waals surface area contributed by atoms with Crippen LogP contribution in [0.3, 0.4) is 0 Å². The maximum atomic E-state index is 12.5. The van der Waals surface area contributed by atoms with Crippen LogP contribution in [-0.4, -0.2) is 56.3 Å². The molecular formula is C17H21N3O5. The molecule has 1 aromatic rings. The molecule has 2 saturated heterocycles. The van der Waals surface area contributed by atoms with Gasteiger partial charge >= 0.3 is 18.1 Å². The van der Waals surface area contributed by atoms with E-state index in [4.69, 9.17) is 9.47 Å². The van der Waals surface area contributed by atoms with Gasteiger partial charge in [-0.05, 0) is 31.0 Å². The van der Waals surface area contributed by atoms with E-state index in [0.717, 1.165) is 12.8 Å². The number of methoxy groups -OCH3 is 1. The molecule has 2 fully saturated rings. The molecule has 8 nitrogen and oxygen atoms in total. The fourth-order valence-corrected chi connectivity index (χ4v) is 3.10. The van der Waals surface area contributed by atoms with Gasteiger partial charge < -0.3 is 19.7 Å². The Kier molecular flexibility index (Phi) is 5.06. The molecular weight excluding hydrogens is 326 g/mol. The third-order valence-electron chi connectivity index (χ3n) is 4.41. The lowest BCUT2D eigenvalue weighted by Crippen LogP contribution is -2.44. The average Bonchev–Trinajstić information content (AvgIpc) is 3.07. The molecule has 2 heterocycles. The summed E-state index contributed by atoms with van der Waals surface area (Å²) >= 11 is 0. The van der Waals surface area contributed by atoms with Crippen LogP contribution in [0, 0.1) is 5.92 Å². The minimum absolute atomic E-state index is 0.269. The van der Waals surface area contributed by atoms with Crippen LogP contribution in [0.15, 0.2) is 24.3 Å². The van der Waals surface area contributed by atoms with Gasteiger partial charge in [0.05, 0.1) is 19.6 Å². The van der Waals surface area contributed by atoms with Crippen molar-refractivity contribution in [1.82, 2.24) is 4.90 Å². The number of carbonyl (C=O) groups is 3. The zero-order valence-corrected chi connectivity index (χ0v) is 14.1. The normalized spacial score (nSPS) is 20.2. The minimum atomic E-state index is -0.388. The van der Waals surface area contributed by atoms with Gasteiger partial charge in [0.15, 0.2) is 0 Å². The van der Waals surface area contributed by atoms with Crippen molar-refractivity contribution in [3.05, 3.63) is 24.3 Å². The standard InChI is InChI=1S/C17H21N3O5/c1-24-15(21)12-4-3-7-19(11-12)16(22)18-13-5-2-6-14(10-13)20-8-9-25-17(20)23/h2,5-6,10,12H,3-4,7-9,11H2,1H3,(H,18,22)/t12-/m1/s1. The third kappa shape index (κ3) is 3.84. The lowest BCUT2D eigenvalue weighted by atomic mass is 9.98. The number of cyclic esters (lactones) is 1. The number of esters is 1. The number of hydrogen-bond donors (Lipinski definition) is 1. The SMILES string of the molecule is COC(=O)[C@@H]1CCCN(C(=O)Nc2cccc(N3CCOC3=O)c2)C1. The number of hydrogen-bond acceptors (Lipinski definition) is 5. The summed E-state index contributed by atoms with van der Waals surface area (Å²) in [6, 6.07) is 6.77. The summed E-state index contributed by atoms with van der Waals surface area (Å²) in [5.41, 5.74) is 1.26. The van der Waals surface area contributed by atoms with Crippen molar-refractivity contribution < 1.29 is 23.9 Å². The van der Waals surface area contributed by atoms with Crippen LogP contribution in [-0.2, 0) is 14.3 Å². The molecule has 3 amide bonds. The summed E-state index contributed by atoms with van der Waals surface area (Å²) in [7, 11) is 1.36. The maximum Gasteiger partial charge on any atom is 0.414 e. The van der Waals surface area contributed by atoms with Crippen molar-refractivity contribution in [2.45, 2.75) is 12.8 Å². The number of nitrogens with one attached hydrogen (secondary N) is 1. The molecule has 1 aromatic carbocycles. The predicted molar refractivity (Wildman–Crippen MR) is 90.5 cm³/mol. The Morgan fingerprint density at radius 3 is 2.88 bits per heavy atom. The number of rotatable bonds is 3. The first-order chi connectivity index (χ1) is 12.1. The van der Waals surface area contributed by atoms with Crippen LogP contribution in [0.5, 0.6) is 0 Å². The van der Waals surface area contributed by atoms with Crippen molar-refractivity contribution in [1.29, 1.82) is 0 Å². The highest BCUT2D eigenvalue weighted by Gasteiger charge is 2.29. The van der Waals surface area contributed by atoms with E-state index < -0.39 is 0 Å². The fraction of sp³-hybridized carbons (Fsp3) is 0.471. The Morgan fingerprint density at radius 2 is 2.16 bits per heavy atom. The van der Waals surface area contributed by atoms with Gasteiger partial charge in [-0.1, -0.05) is 6.07 Å². The molecule has 0 aromatic heterocycles. The van der Waals surface area contributed by atoms with Crippen molar-refractivity contribution in [3.8, 4) is 0 Å². The third-order valence-corrected chi connectivity index (χ3v) is 4.41. The van der Waals surface area contributed by atoms with Crippen LogP contribution in [0.25, 0.3) is 0 Å². The van der Waals surface area contributed by atoms with Gasteiger partial charge in [-0.2, -0.15) is 0 Å². The van der Waals surface area contributed by atoms with Gasteiger partial charge in [-0.15, -0.1) is 0 Å². The second-order valence-corrected chi connectivity index (χ2v) is 6.05. The summed E-state index contributed by atoms with van der Waals surface area (Å²) in [6.07, 6.45) is 1.09. The highest BCUT2D eigenvalue weighted by molar-refractivity contribution is 5.93. The quantitative estimate of drug-likeness (QED) is 0.846. The molecule has 0 bridgehead atoms. The van der Waals surface area contributed by atoms with E-state index in [1.54, 1.807) is 29.2 Å². The molecule has 0 radical (unpaired) electrons.